The van der Waals surface area contributed by atoms with Gasteiger partial charge in [0.2, 0.25) is 5.43 Å². The minimum absolute atomic E-state index is 0.0966. The molecule has 0 atom stereocenters. The topological polar surface area (TPSA) is 59.8 Å². The molecule has 0 radical (unpaired) electrons. The van der Waals surface area contributed by atoms with Crippen LogP contribution in [0, 0.1) is 6.92 Å². The third-order valence-corrected chi connectivity index (χ3v) is 4.52. The number of ether oxygens (including phenoxy) is 1. The van der Waals surface area contributed by atoms with Gasteiger partial charge in [-0.25, -0.2) is 0 Å². The highest BCUT2D eigenvalue weighted by Crippen LogP contribution is 2.26. The molecule has 2 aromatic carbocycles. The molecule has 148 valence electrons. The molecule has 5 heteroatoms. The number of fused-ring (bicyclic) bond motifs is 1. The van der Waals surface area contributed by atoms with Crippen LogP contribution < -0.4 is 10.2 Å². The lowest BCUT2D eigenvalue weighted by molar-refractivity contribution is -0.132. The van der Waals surface area contributed by atoms with Crippen LogP contribution in [0.4, 0.5) is 0 Å². The Labute approximate surface area is 169 Å². The third-order valence-electron chi connectivity index (χ3n) is 4.52. The zero-order valence-electron chi connectivity index (χ0n) is 16.4. The van der Waals surface area contributed by atoms with Gasteiger partial charge in [0, 0.05) is 19.2 Å². The van der Waals surface area contributed by atoms with Gasteiger partial charge in [-0.1, -0.05) is 42.5 Å². The van der Waals surface area contributed by atoms with E-state index < -0.39 is 0 Å². The highest BCUT2D eigenvalue weighted by atomic mass is 16.5. The van der Waals surface area contributed by atoms with Gasteiger partial charge in [-0.3, -0.25) is 9.59 Å². The Morgan fingerprint density at radius 1 is 1.10 bits per heavy atom. The molecule has 5 nitrogen and oxygen atoms in total. The molecule has 29 heavy (non-hydrogen) atoms. The van der Waals surface area contributed by atoms with E-state index in [-0.39, 0.29) is 17.9 Å². The fourth-order valence-corrected chi connectivity index (χ4v) is 3.14. The maximum Gasteiger partial charge on any atom is 0.261 e. The summed E-state index contributed by atoms with van der Waals surface area (Å²) < 4.78 is 11.5. The Bertz CT molecular complexity index is 1090. The molecule has 3 rings (SSSR count). The van der Waals surface area contributed by atoms with Crippen molar-refractivity contribution < 1.29 is 13.9 Å². The lowest BCUT2D eigenvalue weighted by Crippen LogP contribution is -2.35. The Hall–Kier alpha value is -3.60. The normalized spacial score (nSPS) is 10.5. The summed E-state index contributed by atoms with van der Waals surface area (Å²) in [5, 5.41) is 0.466. The molecular weight excluding hydrogens is 366 g/mol. The molecule has 1 heterocycles. The summed E-state index contributed by atoms with van der Waals surface area (Å²) in [6.45, 7) is 9.78. The number of carbonyl (C=O) groups is 1. The Morgan fingerprint density at radius 2 is 1.79 bits per heavy atom. The average Bonchev–Trinajstić information content (AvgIpc) is 2.72. The first-order valence-electron chi connectivity index (χ1n) is 9.30. The Kier molecular flexibility index (Phi) is 6.29. The van der Waals surface area contributed by atoms with E-state index in [9.17, 15) is 9.59 Å². The second-order valence-corrected chi connectivity index (χ2v) is 6.55. The van der Waals surface area contributed by atoms with Crippen LogP contribution in [-0.2, 0) is 4.79 Å². The molecule has 0 saturated carbocycles. The summed E-state index contributed by atoms with van der Waals surface area (Å²) >= 11 is 0. The van der Waals surface area contributed by atoms with Crippen LogP contribution in [0.25, 0.3) is 22.1 Å². The molecule has 0 aliphatic rings. The maximum absolute atomic E-state index is 13.0. The molecule has 0 unspecified atom stereocenters. The van der Waals surface area contributed by atoms with Crippen molar-refractivity contribution in [2.24, 2.45) is 0 Å². The minimum atomic E-state index is -0.179. The highest BCUT2D eigenvalue weighted by Gasteiger charge is 2.15. The van der Waals surface area contributed by atoms with E-state index in [0.29, 0.717) is 41.1 Å². The van der Waals surface area contributed by atoms with Crippen molar-refractivity contribution in [1.82, 2.24) is 4.90 Å². The van der Waals surface area contributed by atoms with Crippen LogP contribution in [0.2, 0.25) is 0 Å². The summed E-state index contributed by atoms with van der Waals surface area (Å²) in [4.78, 5) is 26.9. The van der Waals surface area contributed by atoms with E-state index in [4.69, 9.17) is 9.15 Å². The van der Waals surface area contributed by atoms with Crippen molar-refractivity contribution in [3.8, 4) is 16.9 Å². The number of benzene rings is 2. The average molecular weight is 389 g/mol. The second-order valence-electron chi connectivity index (χ2n) is 6.55. The molecule has 0 spiro atoms. The van der Waals surface area contributed by atoms with Crippen LogP contribution in [-0.4, -0.2) is 30.5 Å². The number of hydrogen-bond acceptors (Lipinski definition) is 4. The molecule has 1 amide bonds. The molecule has 0 bridgehead atoms. The van der Waals surface area contributed by atoms with Crippen molar-refractivity contribution in [3.05, 3.63) is 89.8 Å². The van der Waals surface area contributed by atoms with Crippen LogP contribution in [0.1, 0.15) is 5.76 Å². The Balaban J connectivity index is 1.86. The predicted molar refractivity (Wildman–Crippen MR) is 115 cm³/mol. The summed E-state index contributed by atoms with van der Waals surface area (Å²) in [7, 11) is 0. The Morgan fingerprint density at radius 3 is 2.45 bits per heavy atom. The smallest absolute Gasteiger partial charge is 0.261 e. The molecule has 0 saturated heterocycles. The van der Waals surface area contributed by atoms with Gasteiger partial charge >= 0.3 is 0 Å². The molecule has 0 N–H and O–H groups in total. The van der Waals surface area contributed by atoms with E-state index in [1.54, 1.807) is 42.2 Å². The molecule has 1 aromatic heterocycles. The van der Waals surface area contributed by atoms with E-state index in [1.165, 1.54) is 0 Å². The number of carbonyl (C=O) groups excluding carboxylic acids is 1. The van der Waals surface area contributed by atoms with Gasteiger partial charge in [-0.05, 0) is 24.6 Å². The lowest BCUT2D eigenvalue weighted by Gasteiger charge is -2.19. The third kappa shape index (κ3) is 4.46. The SMILES string of the molecule is C=CCN(CC=C)C(=O)COc1ccc2c(=O)c(-c3ccccc3)c(C)oc2c1. The van der Waals surface area contributed by atoms with Crippen molar-refractivity contribution in [2.75, 3.05) is 19.7 Å². The van der Waals surface area contributed by atoms with E-state index in [2.05, 4.69) is 13.2 Å². The van der Waals surface area contributed by atoms with E-state index in [0.717, 1.165) is 5.56 Å². The predicted octanol–water partition coefficient (Wildman–Crippen LogP) is 4.35. The van der Waals surface area contributed by atoms with Gasteiger partial charge in [0.05, 0.1) is 10.9 Å². The molecular formula is C24H23NO4. The molecule has 0 fully saturated rings. The first-order valence-corrected chi connectivity index (χ1v) is 9.30. The highest BCUT2D eigenvalue weighted by molar-refractivity contribution is 5.84. The van der Waals surface area contributed by atoms with Crippen molar-refractivity contribution >= 4 is 16.9 Å². The summed E-state index contributed by atoms with van der Waals surface area (Å²) in [6, 6.07) is 14.4. The molecule has 0 aliphatic heterocycles. The number of aryl methyl sites for hydroxylation is 1. The van der Waals surface area contributed by atoms with E-state index >= 15 is 0 Å². The molecule has 0 aliphatic carbocycles. The zero-order chi connectivity index (χ0) is 20.8. The fourth-order valence-electron chi connectivity index (χ4n) is 3.14. The van der Waals surface area contributed by atoms with E-state index in [1.807, 2.05) is 30.3 Å². The van der Waals surface area contributed by atoms with Crippen LogP contribution >= 0.6 is 0 Å². The van der Waals surface area contributed by atoms with Gasteiger partial charge in [-0.2, -0.15) is 0 Å². The summed E-state index contributed by atoms with van der Waals surface area (Å²) in [5.74, 6) is 0.810. The standard InChI is InChI=1S/C24H23NO4/c1-4-13-25(14-5-2)22(26)16-28-19-11-12-20-21(15-19)29-17(3)23(24(20)27)18-9-7-6-8-10-18/h4-12,15H,1-2,13-14,16H2,3H3. The number of nitrogens with zero attached hydrogens (tertiary/aromatic N) is 1. The quantitative estimate of drug-likeness (QED) is 0.538. The van der Waals surface area contributed by atoms with Gasteiger partial charge in [0.15, 0.2) is 6.61 Å². The maximum atomic E-state index is 13.0. The first-order chi connectivity index (χ1) is 14.0. The zero-order valence-corrected chi connectivity index (χ0v) is 16.4. The number of rotatable bonds is 8. The lowest BCUT2D eigenvalue weighted by atomic mass is 10.0. The monoisotopic (exact) mass is 389 g/mol. The number of amides is 1. The van der Waals surface area contributed by atoms with Crippen molar-refractivity contribution in [3.63, 3.8) is 0 Å². The van der Waals surface area contributed by atoms with Gasteiger partial charge in [0.1, 0.15) is 17.1 Å². The van der Waals surface area contributed by atoms with Crippen LogP contribution in [0.5, 0.6) is 5.75 Å². The van der Waals surface area contributed by atoms with Crippen molar-refractivity contribution in [2.45, 2.75) is 6.92 Å². The fraction of sp³-hybridized carbons (Fsp3) is 0.167. The largest absolute Gasteiger partial charge is 0.484 e. The van der Waals surface area contributed by atoms with Crippen molar-refractivity contribution in [1.29, 1.82) is 0 Å². The first kappa shape index (κ1) is 20.1. The van der Waals surface area contributed by atoms with Gasteiger partial charge in [0.25, 0.3) is 5.91 Å². The van der Waals surface area contributed by atoms with Gasteiger partial charge in [-0.15, -0.1) is 13.2 Å². The van der Waals surface area contributed by atoms with Gasteiger partial charge < -0.3 is 14.1 Å². The van der Waals surface area contributed by atoms with Crippen LogP contribution in [0.15, 0.2) is 83.1 Å². The minimum Gasteiger partial charge on any atom is -0.484 e. The second kappa shape index (κ2) is 9.06. The summed E-state index contributed by atoms with van der Waals surface area (Å²) in [6.07, 6.45) is 3.30. The molecule has 3 aromatic rings. The number of hydrogen-bond donors (Lipinski definition) is 0. The van der Waals surface area contributed by atoms with Crippen LogP contribution in [0.3, 0.4) is 0 Å². The summed E-state index contributed by atoms with van der Waals surface area (Å²) in [5.41, 5.74) is 1.69.